The summed E-state index contributed by atoms with van der Waals surface area (Å²) in [6.45, 7) is 8.35. The van der Waals surface area contributed by atoms with E-state index >= 15 is 0 Å². The fourth-order valence-corrected chi connectivity index (χ4v) is 3.38. The van der Waals surface area contributed by atoms with Crippen molar-refractivity contribution in [2.24, 2.45) is 16.8 Å². The number of benzene rings is 1. The van der Waals surface area contributed by atoms with Gasteiger partial charge in [-0.25, -0.2) is 4.99 Å². The third-order valence-electron chi connectivity index (χ3n) is 5.37. The highest BCUT2D eigenvalue weighted by Crippen LogP contribution is 2.28. The van der Waals surface area contributed by atoms with Crippen LogP contribution >= 0.6 is 24.0 Å². The molecule has 1 saturated carbocycles. The van der Waals surface area contributed by atoms with Crippen LogP contribution in [0, 0.1) is 11.8 Å². The lowest BCUT2D eigenvalue weighted by molar-refractivity contribution is 0.203. The van der Waals surface area contributed by atoms with E-state index in [1.165, 1.54) is 17.7 Å². The molecule has 3 rings (SSSR count). The van der Waals surface area contributed by atoms with Gasteiger partial charge in [-0.05, 0) is 55.7 Å². The summed E-state index contributed by atoms with van der Waals surface area (Å²) in [4.78, 5) is 7.13. The molecule has 1 aromatic carbocycles. The van der Waals surface area contributed by atoms with Gasteiger partial charge in [0.05, 0.1) is 6.54 Å². The Labute approximate surface area is 174 Å². The van der Waals surface area contributed by atoms with E-state index in [1.54, 1.807) is 0 Å². The number of nitrogens with zero attached hydrogens (tertiary/aromatic N) is 2. The summed E-state index contributed by atoms with van der Waals surface area (Å²) >= 11 is 0. The van der Waals surface area contributed by atoms with Crippen LogP contribution in [0.25, 0.3) is 0 Å². The van der Waals surface area contributed by atoms with E-state index in [0.717, 1.165) is 44.4 Å². The Morgan fingerprint density at radius 3 is 2.42 bits per heavy atom. The van der Waals surface area contributed by atoms with Crippen molar-refractivity contribution in [1.82, 2.24) is 10.6 Å². The van der Waals surface area contributed by atoms with Crippen molar-refractivity contribution in [3.63, 3.8) is 0 Å². The molecular formula is C20H33IN4O. The number of rotatable bonds is 6. The number of piperidine rings is 1. The number of aliphatic hydroxyl groups is 1. The van der Waals surface area contributed by atoms with Gasteiger partial charge in [0, 0.05) is 38.0 Å². The molecule has 1 aliphatic carbocycles. The maximum absolute atomic E-state index is 9.26. The van der Waals surface area contributed by atoms with Crippen molar-refractivity contribution in [3.8, 4) is 0 Å². The van der Waals surface area contributed by atoms with E-state index in [4.69, 9.17) is 4.99 Å². The van der Waals surface area contributed by atoms with E-state index in [-0.39, 0.29) is 24.0 Å². The summed E-state index contributed by atoms with van der Waals surface area (Å²) < 4.78 is 0. The largest absolute Gasteiger partial charge is 0.396 e. The van der Waals surface area contributed by atoms with Crippen molar-refractivity contribution in [3.05, 3.63) is 29.8 Å². The second-order valence-electron chi connectivity index (χ2n) is 7.44. The van der Waals surface area contributed by atoms with Gasteiger partial charge in [0.15, 0.2) is 5.96 Å². The fourth-order valence-electron chi connectivity index (χ4n) is 3.38. The summed E-state index contributed by atoms with van der Waals surface area (Å²) in [7, 11) is 0. The van der Waals surface area contributed by atoms with Gasteiger partial charge in [0.2, 0.25) is 0 Å². The molecule has 0 aromatic heterocycles. The molecule has 0 radical (unpaired) electrons. The fraction of sp³-hybridized carbons (Fsp3) is 0.650. The number of guanidine groups is 1. The van der Waals surface area contributed by atoms with Gasteiger partial charge in [0.25, 0.3) is 0 Å². The molecule has 1 aliphatic heterocycles. The highest BCUT2D eigenvalue weighted by atomic mass is 127. The number of nitrogens with one attached hydrogen (secondary N) is 2. The molecule has 3 N–H and O–H groups in total. The SMILES string of the molecule is CCNC(=NCc1ccc(N2CCC(CO)CC2)cc1)NC1CC1C.I. The maximum atomic E-state index is 9.26. The van der Waals surface area contributed by atoms with E-state index in [1.807, 2.05) is 0 Å². The standard InChI is InChI=1S/C20H32N4O.HI/c1-3-21-20(23-19-12-15(19)2)22-13-16-4-6-18(7-5-16)24-10-8-17(14-25)9-11-24;/h4-7,15,17,19,25H,3,8-14H2,1-2H3,(H2,21,22,23);1H. The minimum Gasteiger partial charge on any atom is -0.396 e. The molecule has 5 nitrogen and oxygen atoms in total. The molecule has 2 aliphatic rings. The van der Waals surface area contributed by atoms with Gasteiger partial charge < -0.3 is 20.6 Å². The van der Waals surface area contributed by atoms with Crippen LogP contribution in [-0.4, -0.2) is 43.3 Å². The lowest BCUT2D eigenvalue weighted by atomic mass is 9.97. The Kier molecular flexibility index (Phi) is 8.47. The third-order valence-corrected chi connectivity index (χ3v) is 5.37. The lowest BCUT2D eigenvalue weighted by Gasteiger charge is -2.32. The van der Waals surface area contributed by atoms with Crippen molar-refractivity contribution in [2.45, 2.75) is 45.7 Å². The Morgan fingerprint density at radius 2 is 1.88 bits per heavy atom. The summed E-state index contributed by atoms with van der Waals surface area (Å²) in [5.41, 5.74) is 2.51. The van der Waals surface area contributed by atoms with Gasteiger partial charge in [-0.15, -0.1) is 24.0 Å². The summed E-state index contributed by atoms with van der Waals surface area (Å²) in [5.74, 6) is 2.17. The van der Waals surface area contributed by atoms with E-state index in [9.17, 15) is 5.11 Å². The van der Waals surface area contributed by atoms with Crippen molar-refractivity contribution >= 4 is 35.6 Å². The van der Waals surface area contributed by atoms with Crippen molar-refractivity contribution in [2.75, 3.05) is 31.1 Å². The molecular weight excluding hydrogens is 439 g/mol. The zero-order valence-electron chi connectivity index (χ0n) is 15.9. The Morgan fingerprint density at radius 1 is 1.23 bits per heavy atom. The van der Waals surface area contributed by atoms with Crippen LogP contribution in [0.2, 0.25) is 0 Å². The highest BCUT2D eigenvalue weighted by molar-refractivity contribution is 14.0. The Balaban J connectivity index is 0.00000243. The first kappa shape index (κ1) is 21.3. The first-order chi connectivity index (χ1) is 12.2. The normalized spacial score (nSPS) is 23.3. The summed E-state index contributed by atoms with van der Waals surface area (Å²) in [5, 5.41) is 16.1. The topological polar surface area (TPSA) is 59.9 Å². The summed E-state index contributed by atoms with van der Waals surface area (Å²) in [6.07, 6.45) is 3.41. The summed E-state index contributed by atoms with van der Waals surface area (Å²) in [6, 6.07) is 9.35. The predicted octanol–water partition coefficient (Wildman–Crippen LogP) is 2.98. The predicted molar refractivity (Wildman–Crippen MR) is 119 cm³/mol. The smallest absolute Gasteiger partial charge is 0.191 e. The number of aliphatic hydroxyl groups excluding tert-OH is 1. The zero-order chi connectivity index (χ0) is 17.6. The molecule has 2 unspecified atom stereocenters. The van der Waals surface area contributed by atoms with Gasteiger partial charge in [-0.1, -0.05) is 19.1 Å². The van der Waals surface area contributed by atoms with Gasteiger partial charge >= 0.3 is 0 Å². The van der Waals surface area contributed by atoms with Crippen LogP contribution in [-0.2, 0) is 6.54 Å². The average molecular weight is 472 g/mol. The molecule has 0 bridgehead atoms. The Hall–Kier alpha value is -1.02. The third kappa shape index (κ3) is 6.01. The van der Waals surface area contributed by atoms with Gasteiger partial charge in [-0.2, -0.15) is 0 Å². The molecule has 2 atom stereocenters. The highest BCUT2D eigenvalue weighted by Gasteiger charge is 2.33. The average Bonchev–Trinajstić information content (AvgIpc) is 3.35. The minimum atomic E-state index is 0. The molecule has 0 amide bonds. The van der Waals surface area contributed by atoms with Crippen molar-refractivity contribution in [1.29, 1.82) is 0 Å². The number of hydrogen-bond donors (Lipinski definition) is 3. The van der Waals surface area contributed by atoms with Crippen LogP contribution in [0.4, 0.5) is 5.69 Å². The number of hydrogen-bond acceptors (Lipinski definition) is 3. The molecule has 1 saturated heterocycles. The lowest BCUT2D eigenvalue weighted by Crippen LogP contribution is -2.39. The number of aliphatic imine (C=N–C) groups is 1. The first-order valence-electron chi connectivity index (χ1n) is 9.69. The minimum absolute atomic E-state index is 0. The molecule has 146 valence electrons. The molecule has 2 fully saturated rings. The Bertz CT molecular complexity index is 570. The molecule has 0 spiro atoms. The second kappa shape index (κ2) is 10.3. The molecule has 1 heterocycles. The van der Waals surface area contributed by atoms with Crippen LogP contribution in [0.5, 0.6) is 0 Å². The number of halogens is 1. The van der Waals surface area contributed by atoms with Crippen LogP contribution in [0.15, 0.2) is 29.3 Å². The quantitative estimate of drug-likeness (QED) is 0.339. The van der Waals surface area contributed by atoms with Gasteiger partial charge in [0.1, 0.15) is 0 Å². The van der Waals surface area contributed by atoms with Crippen LogP contribution in [0.1, 0.15) is 38.7 Å². The van der Waals surface area contributed by atoms with Crippen molar-refractivity contribution < 1.29 is 5.11 Å². The second-order valence-corrected chi connectivity index (χ2v) is 7.44. The monoisotopic (exact) mass is 472 g/mol. The van der Waals surface area contributed by atoms with E-state index in [2.05, 4.69) is 53.6 Å². The molecule has 26 heavy (non-hydrogen) atoms. The maximum Gasteiger partial charge on any atom is 0.191 e. The molecule has 6 heteroatoms. The molecule has 1 aromatic rings. The van der Waals surface area contributed by atoms with E-state index in [0.29, 0.717) is 25.1 Å². The zero-order valence-corrected chi connectivity index (χ0v) is 18.3. The van der Waals surface area contributed by atoms with E-state index < -0.39 is 0 Å². The number of anilines is 1. The van der Waals surface area contributed by atoms with Gasteiger partial charge in [-0.3, -0.25) is 0 Å². The van der Waals surface area contributed by atoms with Crippen LogP contribution in [0.3, 0.4) is 0 Å². The first-order valence-corrected chi connectivity index (χ1v) is 9.69. The van der Waals surface area contributed by atoms with Crippen LogP contribution < -0.4 is 15.5 Å².